The number of rotatable bonds is 4. The molecule has 2 aromatic rings. The van der Waals surface area contributed by atoms with Gasteiger partial charge in [0, 0.05) is 17.9 Å². The standard InChI is InChI=1S/C11H10F3N3OS2/c12-11(13,14)19-4-3-16-9(18)6-1-2-7-8(5-6)20-10(15)17-7/h1-2,5H,3-4H2,(H2,15,17)(H,16,18). The lowest BCUT2D eigenvalue weighted by Gasteiger charge is -2.07. The fourth-order valence-electron chi connectivity index (χ4n) is 1.52. The van der Waals surface area contributed by atoms with Crippen molar-refractivity contribution in [2.75, 3.05) is 18.0 Å². The van der Waals surface area contributed by atoms with Crippen LogP contribution >= 0.6 is 23.1 Å². The van der Waals surface area contributed by atoms with E-state index >= 15 is 0 Å². The normalized spacial score (nSPS) is 11.8. The molecule has 0 spiro atoms. The van der Waals surface area contributed by atoms with Gasteiger partial charge >= 0.3 is 5.51 Å². The number of nitrogens with two attached hydrogens (primary N) is 1. The molecule has 2 rings (SSSR count). The largest absolute Gasteiger partial charge is 0.441 e. The topological polar surface area (TPSA) is 68.0 Å². The summed E-state index contributed by atoms with van der Waals surface area (Å²) < 4.78 is 36.5. The molecule has 0 aliphatic heterocycles. The van der Waals surface area contributed by atoms with Crippen LogP contribution in [0, 0.1) is 0 Å². The molecule has 4 nitrogen and oxygen atoms in total. The average Bonchev–Trinajstić information content (AvgIpc) is 2.72. The number of benzene rings is 1. The first-order valence-electron chi connectivity index (χ1n) is 5.50. The van der Waals surface area contributed by atoms with Crippen molar-refractivity contribution in [3.63, 3.8) is 0 Å². The summed E-state index contributed by atoms with van der Waals surface area (Å²) in [5.74, 6) is -0.632. The van der Waals surface area contributed by atoms with Crippen LogP contribution in [0.15, 0.2) is 18.2 Å². The highest BCUT2D eigenvalue weighted by Gasteiger charge is 2.27. The monoisotopic (exact) mass is 321 g/mol. The average molecular weight is 321 g/mol. The van der Waals surface area contributed by atoms with Gasteiger partial charge in [-0.15, -0.1) is 0 Å². The lowest BCUT2D eigenvalue weighted by molar-refractivity contribution is -0.0327. The molecule has 1 aromatic carbocycles. The van der Waals surface area contributed by atoms with Crippen LogP contribution in [-0.4, -0.2) is 28.7 Å². The molecule has 1 amide bonds. The number of thiazole rings is 1. The third kappa shape index (κ3) is 4.01. The van der Waals surface area contributed by atoms with E-state index in [1.54, 1.807) is 18.2 Å². The maximum absolute atomic E-state index is 11.9. The Morgan fingerprint density at radius 3 is 2.90 bits per heavy atom. The molecule has 0 radical (unpaired) electrons. The van der Waals surface area contributed by atoms with E-state index in [0.29, 0.717) is 16.2 Å². The molecule has 20 heavy (non-hydrogen) atoms. The molecule has 0 bridgehead atoms. The quantitative estimate of drug-likeness (QED) is 0.850. The second-order valence-corrected chi connectivity index (χ2v) is 6.01. The summed E-state index contributed by atoms with van der Waals surface area (Å²) in [5.41, 5.74) is 2.34. The van der Waals surface area contributed by atoms with Crippen molar-refractivity contribution in [1.82, 2.24) is 10.3 Å². The van der Waals surface area contributed by atoms with Crippen molar-refractivity contribution in [2.24, 2.45) is 0 Å². The Bertz CT molecular complexity index is 627. The van der Waals surface area contributed by atoms with Gasteiger partial charge in [-0.25, -0.2) is 4.98 Å². The minimum absolute atomic E-state index is 0.0497. The summed E-state index contributed by atoms with van der Waals surface area (Å²) in [7, 11) is 0. The van der Waals surface area contributed by atoms with E-state index in [1.807, 2.05) is 0 Å². The SMILES string of the molecule is Nc1nc2ccc(C(=O)NCCSC(F)(F)F)cc2s1. The number of hydrogen-bond donors (Lipinski definition) is 2. The number of nitrogens with one attached hydrogen (secondary N) is 1. The van der Waals surface area contributed by atoms with Gasteiger partial charge in [0.1, 0.15) is 0 Å². The number of carbonyl (C=O) groups is 1. The molecule has 1 aromatic heterocycles. The van der Waals surface area contributed by atoms with Gasteiger partial charge in [-0.1, -0.05) is 11.3 Å². The number of anilines is 1. The van der Waals surface area contributed by atoms with Gasteiger partial charge < -0.3 is 11.1 Å². The molecule has 0 atom stereocenters. The number of halogens is 3. The molecular formula is C11H10F3N3OS2. The number of carbonyl (C=O) groups excluding carboxylic acids is 1. The summed E-state index contributed by atoms with van der Waals surface area (Å²) in [4.78, 5) is 15.8. The molecule has 0 aliphatic carbocycles. The number of alkyl halides is 3. The Hall–Kier alpha value is -1.48. The summed E-state index contributed by atoms with van der Waals surface area (Å²) in [6.45, 7) is -0.0497. The molecule has 0 unspecified atom stereocenters. The first kappa shape index (κ1) is 14.9. The number of nitrogen functional groups attached to an aromatic ring is 1. The number of fused-ring (bicyclic) bond motifs is 1. The minimum Gasteiger partial charge on any atom is -0.375 e. The van der Waals surface area contributed by atoms with Gasteiger partial charge in [0.25, 0.3) is 5.91 Å². The molecule has 108 valence electrons. The van der Waals surface area contributed by atoms with E-state index in [4.69, 9.17) is 5.73 Å². The number of hydrogen-bond acceptors (Lipinski definition) is 5. The number of nitrogens with zero attached hydrogens (tertiary/aromatic N) is 1. The van der Waals surface area contributed by atoms with Crippen LogP contribution in [0.5, 0.6) is 0 Å². The summed E-state index contributed by atoms with van der Waals surface area (Å²) >= 11 is 1.09. The van der Waals surface area contributed by atoms with E-state index in [-0.39, 0.29) is 24.1 Å². The second-order valence-electron chi connectivity index (χ2n) is 3.78. The third-order valence-corrected chi connectivity index (χ3v) is 3.90. The predicted octanol–water partition coefficient (Wildman–Crippen LogP) is 2.86. The Labute approximate surface area is 120 Å². The molecule has 0 fully saturated rings. The van der Waals surface area contributed by atoms with Crippen LogP contribution in [-0.2, 0) is 0 Å². The van der Waals surface area contributed by atoms with Crippen LogP contribution in [0.1, 0.15) is 10.4 Å². The van der Waals surface area contributed by atoms with Crippen LogP contribution in [0.25, 0.3) is 10.2 Å². The van der Waals surface area contributed by atoms with E-state index in [9.17, 15) is 18.0 Å². The van der Waals surface area contributed by atoms with Crippen molar-refractivity contribution < 1.29 is 18.0 Å². The van der Waals surface area contributed by atoms with Crippen molar-refractivity contribution in [1.29, 1.82) is 0 Å². The van der Waals surface area contributed by atoms with Gasteiger partial charge in [0.15, 0.2) is 5.13 Å². The van der Waals surface area contributed by atoms with Gasteiger partial charge in [0.2, 0.25) is 0 Å². The minimum atomic E-state index is -4.27. The lowest BCUT2D eigenvalue weighted by atomic mass is 10.2. The Morgan fingerprint density at radius 1 is 1.45 bits per heavy atom. The zero-order chi connectivity index (χ0) is 14.8. The highest BCUT2D eigenvalue weighted by atomic mass is 32.2. The van der Waals surface area contributed by atoms with E-state index in [1.165, 1.54) is 11.3 Å². The van der Waals surface area contributed by atoms with Crippen LogP contribution < -0.4 is 11.1 Å². The molecule has 3 N–H and O–H groups in total. The molecular weight excluding hydrogens is 311 g/mol. The number of thioether (sulfide) groups is 1. The maximum Gasteiger partial charge on any atom is 0.441 e. The smallest absolute Gasteiger partial charge is 0.375 e. The fraction of sp³-hybridized carbons (Fsp3) is 0.273. The highest BCUT2D eigenvalue weighted by molar-refractivity contribution is 8.00. The summed E-state index contributed by atoms with van der Waals surface area (Å²) in [6.07, 6.45) is 0. The second kappa shape index (κ2) is 5.88. The molecule has 9 heteroatoms. The Balaban J connectivity index is 1.94. The highest BCUT2D eigenvalue weighted by Crippen LogP contribution is 2.29. The summed E-state index contributed by atoms with van der Waals surface area (Å²) in [6, 6.07) is 4.84. The molecule has 0 aliphatic rings. The molecule has 1 heterocycles. The lowest BCUT2D eigenvalue weighted by Crippen LogP contribution is -2.26. The van der Waals surface area contributed by atoms with Crippen molar-refractivity contribution in [3.05, 3.63) is 23.8 Å². The maximum atomic E-state index is 11.9. The van der Waals surface area contributed by atoms with Gasteiger partial charge in [0.05, 0.1) is 10.2 Å². The van der Waals surface area contributed by atoms with Crippen molar-refractivity contribution in [3.8, 4) is 0 Å². The van der Waals surface area contributed by atoms with Crippen molar-refractivity contribution >= 4 is 44.4 Å². The summed E-state index contributed by atoms with van der Waals surface area (Å²) in [5, 5.41) is 2.84. The first-order valence-corrected chi connectivity index (χ1v) is 7.30. The van der Waals surface area contributed by atoms with E-state index < -0.39 is 11.4 Å². The third-order valence-electron chi connectivity index (χ3n) is 2.32. The molecule has 0 saturated carbocycles. The zero-order valence-electron chi connectivity index (χ0n) is 10.0. The first-order chi connectivity index (χ1) is 9.35. The molecule has 0 saturated heterocycles. The van der Waals surface area contributed by atoms with Crippen LogP contribution in [0.3, 0.4) is 0 Å². The van der Waals surface area contributed by atoms with E-state index in [2.05, 4.69) is 10.3 Å². The van der Waals surface area contributed by atoms with Crippen LogP contribution in [0.2, 0.25) is 0 Å². The fourth-order valence-corrected chi connectivity index (χ4v) is 2.73. The van der Waals surface area contributed by atoms with E-state index in [0.717, 1.165) is 4.70 Å². The van der Waals surface area contributed by atoms with Gasteiger partial charge in [-0.05, 0) is 30.0 Å². The van der Waals surface area contributed by atoms with Gasteiger partial charge in [-0.2, -0.15) is 13.2 Å². The van der Waals surface area contributed by atoms with Gasteiger partial charge in [-0.3, -0.25) is 4.79 Å². The van der Waals surface area contributed by atoms with Crippen LogP contribution in [0.4, 0.5) is 18.3 Å². The predicted molar refractivity (Wildman–Crippen MR) is 74.9 cm³/mol. The zero-order valence-corrected chi connectivity index (χ0v) is 11.7. The Morgan fingerprint density at radius 2 is 2.20 bits per heavy atom. The number of aromatic nitrogens is 1. The Kier molecular flexibility index (Phi) is 4.39. The van der Waals surface area contributed by atoms with Crippen molar-refractivity contribution in [2.45, 2.75) is 5.51 Å². The number of amides is 1.